The van der Waals surface area contributed by atoms with Gasteiger partial charge in [-0.05, 0) is 68.8 Å². The van der Waals surface area contributed by atoms with Crippen LogP contribution in [0.5, 0.6) is 0 Å². The molecule has 4 nitrogen and oxygen atoms in total. The molecule has 3 rings (SSSR count). The molecule has 0 aromatic rings. The average molecular weight is 346 g/mol. The third-order valence-electron chi connectivity index (χ3n) is 7.18. The molecule has 0 aromatic carbocycles. The van der Waals surface area contributed by atoms with Crippen LogP contribution >= 0.6 is 0 Å². The number of allylic oxidation sites excluding steroid dienone is 1. The highest BCUT2D eigenvalue weighted by Crippen LogP contribution is 2.62. The number of hydrogen-bond donors (Lipinski definition) is 0. The third kappa shape index (κ3) is 2.94. The highest BCUT2D eigenvalue weighted by molar-refractivity contribution is 5.90. The minimum Gasteiger partial charge on any atom is -0.469 e. The van der Waals surface area contributed by atoms with E-state index in [4.69, 9.17) is 9.47 Å². The molecule has 0 bridgehead atoms. The summed E-state index contributed by atoms with van der Waals surface area (Å²) in [5.74, 6) is 0.397. The van der Waals surface area contributed by atoms with Crippen LogP contribution in [0.1, 0.15) is 58.8 Å². The van der Waals surface area contributed by atoms with Crippen LogP contribution < -0.4 is 0 Å². The zero-order valence-electron chi connectivity index (χ0n) is 15.7. The smallest absolute Gasteiger partial charge is 0.334 e. The highest BCUT2D eigenvalue weighted by atomic mass is 16.5. The molecular formula is C21H30O4. The maximum absolute atomic E-state index is 12.6. The zero-order valence-corrected chi connectivity index (χ0v) is 15.7. The van der Waals surface area contributed by atoms with E-state index in [1.54, 1.807) is 0 Å². The summed E-state index contributed by atoms with van der Waals surface area (Å²) in [5, 5.41) is 0. The predicted molar refractivity (Wildman–Crippen MR) is 95.7 cm³/mol. The van der Waals surface area contributed by atoms with E-state index < -0.39 is 5.41 Å². The van der Waals surface area contributed by atoms with E-state index >= 15 is 0 Å². The Hall–Kier alpha value is -1.58. The Kier molecular flexibility index (Phi) is 4.82. The van der Waals surface area contributed by atoms with E-state index in [9.17, 15) is 9.59 Å². The fourth-order valence-corrected chi connectivity index (χ4v) is 5.86. The molecule has 25 heavy (non-hydrogen) atoms. The quantitative estimate of drug-likeness (QED) is 0.565. The van der Waals surface area contributed by atoms with Crippen LogP contribution in [0, 0.1) is 22.7 Å². The minimum absolute atomic E-state index is 0.0413. The van der Waals surface area contributed by atoms with Crippen LogP contribution in [-0.2, 0) is 19.1 Å². The first-order chi connectivity index (χ1) is 11.8. The SMILES string of the molecule is C=C1CC[C@@H]2[C@@](C)(CCC[C@@]2(C)C(=O)OC)[C@H]1CCC1=CCOC1=O. The summed E-state index contributed by atoms with van der Waals surface area (Å²) in [6.07, 6.45) is 8.54. The fourth-order valence-electron chi connectivity index (χ4n) is 5.86. The summed E-state index contributed by atoms with van der Waals surface area (Å²) in [4.78, 5) is 24.3. The van der Waals surface area contributed by atoms with Gasteiger partial charge in [0.15, 0.2) is 0 Å². The molecule has 1 aliphatic heterocycles. The monoisotopic (exact) mass is 346 g/mol. The van der Waals surface area contributed by atoms with Crippen molar-refractivity contribution in [3.8, 4) is 0 Å². The number of hydrogen-bond acceptors (Lipinski definition) is 4. The van der Waals surface area contributed by atoms with Crippen LogP contribution in [0.4, 0.5) is 0 Å². The Morgan fingerprint density at radius 3 is 2.80 bits per heavy atom. The molecule has 0 unspecified atom stereocenters. The van der Waals surface area contributed by atoms with Gasteiger partial charge in [0.1, 0.15) is 6.61 Å². The lowest BCUT2D eigenvalue weighted by Crippen LogP contribution is -2.53. The molecule has 0 aromatic heterocycles. The number of methoxy groups -OCH3 is 1. The van der Waals surface area contributed by atoms with E-state index in [-0.39, 0.29) is 17.4 Å². The Bertz CT molecular complexity index is 619. The number of rotatable bonds is 4. The van der Waals surface area contributed by atoms with Crippen LogP contribution in [0.2, 0.25) is 0 Å². The second kappa shape index (κ2) is 6.62. The summed E-state index contributed by atoms with van der Waals surface area (Å²) in [6.45, 7) is 9.17. The van der Waals surface area contributed by atoms with Gasteiger partial charge in [-0.2, -0.15) is 0 Å². The highest BCUT2D eigenvalue weighted by Gasteiger charge is 2.57. The lowest BCUT2D eigenvalue weighted by Gasteiger charge is -2.57. The van der Waals surface area contributed by atoms with E-state index in [1.807, 2.05) is 6.08 Å². The largest absolute Gasteiger partial charge is 0.469 e. The maximum atomic E-state index is 12.6. The van der Waals surface area contributed by atoms with Gasteiger partial charge in [-0.15, -0.1) is 0 Å². The fraction of sp³-hybridized carbons (Fsp3) is 0.714. The van der Waals surface area contributed by atoms with Crippen molar-refractivity contribution in [2.24, 2.45) is 22.7 Å². The molecule has 4 atom stereocenters. The van der Waals surface area contributed by atoms with Crippen molar-refractivity contribution in [3.05, 3.63) is 23.8 Å². The number of carbonyl (C=O) groups excluding carboxylic acids is 2. The average Bonchev–Trinajstić information content (AvgIpc) is 2.98. The van der Waals surface area contributed by atoms with Gasteiger partial charge in [0, 0.05) is 5.57 Å². The van der Waals surface area contributed by atoms with Crippen LogP contribution in [0.3, 0.4) is 0 Å². The Balaban J connectivity index is 1.84. The summed E-state index contributed by atoms with van der Waals surface area (Å²) in [7, 11) is 1.50. The normalized spacial score (nSPS) is 38.0. The van der Waals surface area contributed by atoms with Crippen molar-refractivity contribution in [2.45, 2.75) is 58.8 Å². The van der Waals surface area contributed by atoms with E-state index in [2.05, 4.69) is 20.4 Å². The molecular weight excluding hydrogens is 316 g/mol. The number of esters is 2. The summed E-state index contributed by atoms with van der Waals surface area (Å²) < 4.78 is 10.2. The first-order valence-electron chi connectivity index (χ1n) is 9.45. The van der Waals surface area contributed by atoms with Crippen molar-refractivity contribution < 1.29 is 19.1 Å². The van der Waals surface area contributed by atoms with Crippen molar-refractivity contribution in [1.82, 2.24) is 0 Å². The summed E-state index contributed by atoms with van der Waals surface area (Å²) in [6, 6.07) is 0. The third-order valence-corrected chi connectivity index (χ3v) is 7.18. The second-order valence-corrected chi connectivity index (χ2v) is 8.44. The first kappa shape index (κ1) is 18.2. The van der Waals surface area contributed by atoms with Crippen molar-refractivity contribution in [3.63, 3.8) is 0 Å². The van der Waals surface area contributed by atoms with E-state index in [1.165, 1.54) is 12.7 Å². The topological polar surface area (TPSA) is 52.6 Å². The predicted octanol–water partition coefficient (Wildman–Crippen LogP) is 4.20. The van der Waals surface area contributed by atoms with Gasteiger partial charge in [-0.25, -0.2) is 4.79 Å². The molecule has 4 heteroatoms. The Morgan fingerprint density at radius 1 is 1.40 bits per heavy atom. The van der Waals surface area contributed by atoms with Crippen molar-refractivity contribution in [2.75, 3.05) is 13.7 Å². The molecule has 0 spiro atoms. The Morgan fingerprint density at radius 2 is 2.16 bits per heavy atom. The molecule has 0 radical (unpaired) electrons. The second-order valence-electron chi connectivity index (χ2n) is 8.44. The van der Waals surface area contributed by atoms with Crippen LogP contribution in [-0.4, -0.2) is 25.7 Å². The number of cyclic esters (lactones) is 1. The van der Waals surface area contributed by atoms with E-state index in [0.717, 1.165) is 50.5 Å². The molecule has 138 valence electrons. The molecule has 0 saturated heterocycles. The molecule has 2 saturated carbocycles. The van der Waals surface area contributed by atoms with E-state index in [0.29, 0.717) is 18.4 Å². The van der Waals surface area contributed by atoms with Gasteiger partial charge in [0.25, 0.3) is 0 Å². The molecule has 0 N–H and O–H groups in total. The van der Waals surface area contributed by atoms with Crippen LogP contribution in [0.15, 0.2) is 23.8 Å². The zero-order chi connectivity index (χ0) is 18.2. The van der Waals surface area contributed by atoms with Gasteiger partial charge in [0.05, 0.1) is 12.5 Å². The maximum Gasteiger partial charge on any atom is 0.334 e. The molecule has 2 aliphatic carbocycles. The van der Waals surface area contributed by atoms with Crippen molar-refractivity contribution >= 4 is 11.9 Å². The standard InChI is InChI=1S/C21H30O4/c1-14-6-9-17-20(2,11-5-12-21(17,3)19(23)24-4)16(14)8-7-15-10-13-25-18(15)22/h10,16-17H,1,5-9,11-13H2,2-4H3/t16-,17+,20-,21+/m0/s1. The lowest BCUT2D eigenvalue weighted by atomic mass is 9.46. The minimum atomic E-state index is -0.410. The summed E-state index contributed by atoms with van der Waals surface area (Å²) in [5.41, 5.74) is 1.70. The van der Waals surface area contributed by atoms with Gasteiger partial charge >= 0.3 is 11.9 Å². The molecule has 3 aliphatic rings. The van der Waals surface area contributed by atoms with Gasteiger partial charge < -0.3 is 9.47 Å². The summed E-state index contributed by atoms with van der Waals surface area (Å²) >= 11 is 0. The number of fused-ring (bicyclic) bond motifs is 1. The molecule has 2 fully saturated rings. The van der Waals surface area contributed by atoms with Crippen LogP contribution in [0.25, 0.3) is 0 Å². The lowest BCUT2D eigenvalue weighted by molar-refractivity contribution is -0.168. The first-order valence-corrected chi connectivity index (χ1v) is 9.45. The number of carbonyl (C=O) groups is 2. The number of ether oxygens (including phenoxy) is 2. The van der Waals surface area contributed by atoms with Gasteiger partial charge in [-0.1, -0.05) is 25.5 Å². The Labute approximate surface area is 150 Å². The molecule has 1 heterocycles. The molecule has 0 amide bonds. The van der Waals surface area contributed by atoms with Crippen molar-refractivity contribution in [1.29, 1.82) is 0 Å². The van der Waals surface area contributed by atoms with Gasteiger partial charge in [0.2, 0.25) is 0 Å². The van der Waals surface area contributed by atoms with Gasteiger partial charge in [-0.3, -0.25) is 4.79 Å².